The van der Waals surface area contributed by atoms with Crippen molar-refractivity contribution in [3.8, 4) is 0 Å². The van der Waals surface area contributed by atoms with Gasteiger partial charge in [-0.1, -0.05) is 13.3 Å². The first-order chi connectivity index (χ1) is 11.8. The van der Waals surface area contributed by atoms with Gasteiger partial charge in [0.2, 0.25) is 0 Å². The summed E-state index contributed by atoms with van der Waals surface area (Å²) in [6.45, 7) is 1.40. The molecule has 25 heavy (non-hydrogen) atoms. The maximum absolute atomic E-state index is 12.8. The fraction of sp³-hybridized carbons (Fsp3) is 0.733. The summed E-state index contributed by atoms with van der Waals surface area (Å²) in [4.78, 5) is 17.1. The molecule has 0 bridgehead atoms. The molecule has 1 aliphatic carbocycles. The molecule has 1 amide bonds. The average molecular weight is 357 g/mol. The van der Waals surface area contributed by atoms with Crippen molar-refractivity contribution in [1.29, 1.82) is 0 Å². The van der Waals surface area contributed by atoms with E-state index in [0.29, 0.717) is 17.1 Å². The molecule has 0 radical (unpaired) electrons. The topological polar surface area (TPSA) is 181 Å². The number of carbonyl (C=O) groups excluding carboxylic acids is 1. The SMILES string of the molecule is CCC/C(N)=C(\N)C(=NC1CC1)C(=O)N(N)C1OC(CO)C(O)C1O. The number of nitrogens with two attached hydrogens (primary N) is 3. The van der Waals surface area contributed by atoms with Gasteiger partial charge >= 0.3 is 0 Å². The zero-order valence-corrected chi connectivity index (χ0v) is 14.2. The second-order valence-corrected chi connectivity index (χ2v) is 6.34. The molecular weight excluding hydrogens is 330 g/mol. The van der Waals surface area contributed by atoms with Crippen LogP contribution in [0.2, 0.25) is 0 Å². The van der Waals surface area contributed by atoms with Crippen LogP contribution >= 0.6 is 0 Å². The minimum absolute atomic E-state index is 0.00877. The smallest absolute Gasteiger partial charge is 0.290 e. The summed E-state index contributed by atoms with van der Waals surface area (Å²) in [7, 11) is 0. The Morgan fingerprint density at radius 1 is 1.28 bits per heavy atom. The van der Waals surface area contributed by atoms with Gasteiger partial charge in [-0.25, -0.2) is 10.9 Å². The van der Waals surface area contributed by atoms with Crippen molar-refractivity contribution in [3.63, 3.8) is 0 Å². The van der Waals surface area contributed by atoms with E-state index in [-0.39, 0.29) is 17.5 Å². The quantitative estimate of drug-likeness (QED) is 0.127. The number of rotatable bonds is 7. The van der Waals surface area contributed by atoms with Crippen molar-refractivity contribution in [1.82, 2.24) is 5.01 Å². The number of carbonyl (C=O) groups is 1. The van der Waals surface area contributed by atoms with Crippen molar-refractivity contribution in [2.75, 3.05) is 6.61 Å². The van der Waals surface area contributed by atoms with Crippen molar-refractivity contribution < 1.29 is 24.9 Å². The zero-order valence-electron chi connectivity index (χ0n) is 14.2. The van der Waals surface area contributed by atoms with E-state index >= 15 is 0 Å². The van der Waals surface area contributed by atoms with Crippen LogP contribution in [-0.4, -0.2) is 69.1 Å². The third kappa shape index (κ3) is 4.28. The van der Waals surface area contributed by atoms with Gasteiger partial charge in [0.05, 0.1) is 18.3 Å². The van der Waals surface area contributed by atoms with Gasteiger partial charge in [-0.3, -0.25) is 9.79 Å². The highest BCUT2D eigenvalue weighted by atomic mass is 16.6. The highest BCUT2D eigenvalue weighted by Gasteiger charge is 2.46. The summed E-state index contributed by atoms with van der Waals surface area (Å²) in [5, 5.41) is 29.6. The Hall–Kier alpha value is -1.72. The second kappa shape index (κ2) is 8.11. The Kier molecular flexibility index (Phi) is 6.36. The van der Waals surface area contributed by atoms with E-state index in [2.05, 4.69) is 4.99 Å². The minimum atomic E-state index is -1.47. The number of allylic oxidation sites excluding steroid dienone is 1. The van der Waals surface area contributed by atoms with Crippen LogP contribution in [0.4, 0.5) is 0 Å². The summed E-state index contributed by atoms with van der Waals surface area (Å²) >= 11 is 0. The van der Waals surface area contributed by atoms with E-state index in [1.54, 1.807) is 0 Å². The number of amides is 1. The molecule has 9 N–H and O–H groups in total. The van der Waals surface area contributed by atoms with E-state index in [0.717, 1.165) is 19.3 Å². The summed E-state index contributed by atoms with van der Waals surface area (Å²) < 4.78 is 5.26. The maximum atomic E-state index is 12.8. The molecule has 2 fully saturated rings. The van der Waals surface area contributed by atoms with Gasteiger partial charge in [0.15, 0.2) is 6.23 Å². The van der Waals surface area contributed by atoms with Crippen molar-refractivity contribution in [2.45, 2.75) is 63.2 Å². The monoisotopic (exact) mass is 357 g/mol. The molecule has 0 aromatic carbocycles. The molecule has 0 aromatic heterocycles. The predicted molar refractivity (Wildman–Crippen MR) is 89.6 cm³/mol. The maximum Gasteiger partial charge on any atom is 0.290 e. The van der Waals surface area contributed by atoms with Crippen LogP contribution in [0.15, 0.2) is 16.4 Å². The van der Waals surface area contributed by atoms with E-state index in [4.69, 9.17) is 27.2 Å². The van der Waals surface area contributed by atoms with Gasteiger partial charge in [0.1, 0.15) is 24.0 Å². The zero-order chi connectivity index (χ0) is 18.7. The fourth-order valence-electron chi connectivity index (χ4n) is 2.53. The van der Waals surface area contributed by atoms with E-state index in [1.165, 1.54) is 0 Å². The van der Waals surface area contributed by atoms with Gasteiger partial charge in [0, 0.05) is 5.70 Å². The standard InChI is InChI=1S/C15H27N5O5/c1-2-3-8(16)10(17)11(19-7-4-5-7)14(24)20(18)15-13(23)12(22)9(6-21)25-15/h7,9,12-13,15,21-23H,2-6,16-18H2,1H3/b10-8+,19-11?. The molecule has 142 valence electrons. The van der Waals surface area contributed by atoms with Crippen molar-refractivity contribution in [2.24, 2.45) is 22.3 Å². The minimum Gasteiger partial charge on any atom is -0.400 e. The Labute approximate surface area is 145 Å². The lowest BCUT2D eigenvalue weighted by Gasteiger charge is -2.26. The third-order valence-corrected chi connectivity index (χ3v) is 4.21. The highest BCUT2D eigenvalue weighted by molar-refractivity contribution is 6.45. The fourth-order valence-corrected chi connectivity index (χ4v) is 2.53. The second-order valence-electron chi connectivity index (χ2n) is 6.34. The van der Waals surface area contributed by atoms with E-state index in [9.17, 15) is 15.0 Å². The van der Waals surface area contributed by atoms with Crippen LogP contribution in [-0.2, 0) is 9.53 Å². The first kappa shape index (κ1) is 19.6. The molecule has 10 heteroatoms. The van der Waals surface area contributed by atoms with E-state index in [1.807, 2.05) is 6.92 Å². The van der Waals surface area contributed by atoms with Crippen LogP contribution in [0.25, 0.3) is 0 Å². The van der Waals surface area contributed by atoms with Crippen LogP contribution in [0, 0.1) is 0 Å². The summed E-state index contributed by atoms with van der Waals surface area (Å²) in [5.74, 6) is 5.04. The average Bonchev–Trinajstić information content (AvgIpc) is 3.37. The third-order valence-electron chi connectivity index (χ3n) is 4.21. The number of aliphatic imine (C=N–C) groups is 1. The van der Waals surface area contributed by atoms with Crippen LogP contribution in [0.5, 0.6) is 0 Å². The molecule has 1 heterocycles. The molecule has 4 unspecified atom stereocenters. The Balaban J connectivity index is 2.23. The summed E-state index contributed by atoms with van der Waals surface area (Å²) in [5.41, 5.74) is 12.2. The molecule has 2 aliphatic rings. The Bertz CT molecular complexity index is 563. The van der Waals surface area contributed by atoms with E-state index < -0.39 is 37.1 Å². The normalized spacial score (nSPS) is 31.0. The largest absolute Gasteiger partial charge is 0.400 e. The Morgan fingerprint density at radius 2 is 1.92 bits per heavy atom. The molecule has 1 aliphatic heterocycles. The Morgan fingerprint density at radius 3 is 2.40 bits per heavy atom. The lowest BCUT2D eigenvalue weighted by molar-refractivity contribution is -0.146. The lowest BCUT2D eigenvalue weighted by Crippen LogP contribution is -2.54. The predicted octanol–water partition coefficient (Wildman–Crippen LogP) is -2.34. The lowest BCUT2D eigenvalue weighted by atomic mass is 10.1. The first-order valence-electron chi connectivity index (χ1n) is 8.34. The number of aliphatic hydroxyl groups excluding tert-OH is 3. The van der Waals surface area contributed by atoms with Gasteiger partial charge in [-0.15, -0.1) is 0 Å². The molecule has 2 rings (SSSR count). The number of hydrazine groups is 1. The van der Waals surface area contributed by atoms with Gasteiger partial charge in [-0.05, 0) is 19.3 Å². The molecule has 1 saturated heterocycles. The van der Waals surface area contributed by atoms with Crippen molar-refractivity contribution >= 4 is 11.6 Å². The van der Waals surface area contributed by atoms with Gasteiger partial charge in [-0.2, -0.15) is 0 Å². The summed E-state index contributed by atoms with van der Waals surface area (Å²) in [6.07, 6.45) is -2.27. The molecule has 4 atom stereocenters. The number of hydrogen-bond acceptors (Lipinski definition) is 9. The molecular formula is C15H27N5O5. The van der Waals surface area contributed by atoms with Gasteiger partial charge < -0.3 is 31.5 Å². The van der Waals surface area contributed by atoms with Crippen LogP contribution in [0.3, 0.4) is 0 Å². The van der Waals surface area contributed by atoms with Gasteiger partial charge in [0.25, 0.3) is 5.91 Å². The number of nitrogens with zero attached hydrogens (tertiary/aromatic N) is 2. The molecule has 0 aromatic rings. The number of aliphatic hydroxyl groups is 3. The van der Waals surface area contributed by atoms with Crippen LogP contribution < -0.4 is 17.3 Å². The number of hydrogen-bond donors (Lipinski definition) is 6. The molecule has 0 spiro atoms. The molecule has 10 nitrogen and oxygen atoms in total. The molecule has 1 saturated carbocycles. The number of ether oxygens (including phenoxy) is 1. The first-order valence-corrected chi connectivity index (χ1v) is 8.34. The summed E-state index contributed by atoms with van der Waals surface area (Å²) in [6, 6.07) is -0.00877. The highest BCUT2D eigenvalue weighted by Crippen LogP contribution is 2.26. The van der Waals surface area contributed by atoms with Crippen LogP contribution in [0.1, 0.15) is 32.6 Å². The van der Waals surface area contributed by atoms with Crippen molar-refractivity contribution in [3.05, 3.63) is 11.4 Å².